The third-order valence-corrected chi connectivity index (χ3v) is 6.01. The number of aliphatic hydroxyl groups excluding tert-OH is 1. The summed E-state index contributed by atoms with van der Waals surface area (Å²) in [5.41, 5.74) is 9.82. The number of carbonyl (C=O) groups excluding carboxylic acids is 1. The lowest BCUT2D eigenvalue weighted by atomic mass is 9.84. The van der Waals surface area contributed by atoms with E-state index in [1.165, 1.54) is 9.20 Å². The minimum Gasteiger partial charge on any atom is -0.493 e. The Morgan fingerprint density at radius 1 is 1.22 bits per heavy atom. The van der Waals surface area contributed by atoms with E-state index in [1.807, 2.05) is 47.6 Å². The van der Waals surface area contributed by atoms with Crippen LogP contribution >= 0.6 is 0 Å². The molecule has 0 aliphatic carbocycles. The van der Waals surface area contributed by atoms with Crippen LogP contribution < -0.4 is 24.6 Å². The molecule has 0 atom stereocenters. The highest BCUT2D eigenvalue weighted by molar-refractivity contribution is 5.96. The second kappa shape index (κ2) is 11.1. The summed E-state index contributed by atoms with van der Waals surface area (Å²) in [7, 11) is 1.58. The van der Waals surface area contributed by atoms with Gasteiger partial charge in [0.15, 0.2) is 23.8 Å². The zero-order valence-corrected chi connectivity index (χ0v) is 22.3. The fourth-order valence-electron chi connectivity index (χ4n) is 4.10. The number of fused-ring (bicyclic) bond motifs is 1. The summed E-state index contributed by atoms with van der Waals surface area (Å²) in [6.07, 6.45) is 1.20. The quantitative estimate of drug-likeness (QED) is 0.234. The van der Waals surface area contributed by atoms with E-state index in [0.717, 1.165) is 23.1 Å². The van der Waals surface area contributed by atoms with Crippen LogP contribution in [0.25, 0.3) is 5.65 Å². The molecule has 0 radical (unpaired) electrons. The highest BCUT2D eigenvalue weighted by atomic mass is 16.5. The lowest BCUT2D eigenvalue weighted by molar-refractivity contribution is -0.723. The summed E-state index contributed by atoms with van der Waals surface area (Å²) in [6, 6.07) is 3.50. The molecule has 3 N–H and O–H groups in total. The van der Waals surface area contributed by atoms with Gasteiger partial charge in [-0.25, -0.2) is 0 Å². The number of hydrogen-bond acceptors (Lipinski definition) is 8. The van der Waals surface area contributed by atoms with Crippen LogP contribution in [0.5, 0.6) is 17.4 Å². The maximum atomic E-state index is 13.5. The van der Waals surface area contributed by atoms with Gasteiger partial charge in [-0.2, -0.15) is 0 Å². The minimum absolute atomic E-state index is 0.00900. The number of ketones is 1. The molecule has 2 heterocycles. The van der Waals surface area contributed by atoms with E-state index in [1.54, 1.807) is 13.2 Å². The maximum absolute atomic E-state index is 13.5. The predicted molar refractivity (Wildman–Crippen MR) is 136 cm³/mol. The third kappa shape index (κ3) is 5.38. The van der Waals surface area contributed by atoms with E-state index < -0.39 is 0 Å². The molecule has 0 fully saturated rings. The summed E-state index contributed by atoms with van der Waals surface area (Å²) < 4.78 is 20.2. The smallest absolute Gasteiger partial charge is 0.401 e. The molecule has 0 amide bonds. The van der Waals surface area contributed by atoms with Crippen molar-refractivity contribution in [2.45, 2.75) is 66.3 Å². The number of aromatic nitrogens is 4. The lowest BCUT2D eigenvalue weighted by Gasteiger charge is -2.25. The first-order valence-corrected chi connectivity index (χ1v) is 12.3. The van der Waals surface area contributed by atoms with Gasteiger partial charge in [-0.3, -0.25) is 10.5 Å². The van der Waals surface area contributed by atoms with Gasteiger partial charge in [-0.15, -0.1) is 4.68 Å². The van der Waals surface area contributed by atoms with Crippen LogP contribution in [-0.4, -0.2) is 52.5 Å². The molecule has 3 aromatic rings. The Kier molecular flexibility index (Phi) is 8.39. The Morgan fingerprint density at radius 3 is 2.53 bits per heavy atom. The molecule has 196 valence electrons. The lowest BCUT2D eigenvalue weighted by Crippen LogP contribution is -2.42. The van der Waals surface area contributed by atoms with Crippen LogP contribution in [0.4, 0.5) is 5.95 Å². The first kappa shape index (κ1) is 27.2. The molecule has 0 spiro atoms. The van der Waals surface area contributed by atoms with Gasteiger partial charge in [0.05, 0.1) is 20.3 Å². The summed E-state index contributed by atoms with van der Waals surface area (Å²) in [5.74, 6) is 1.60. The second-order valence-electron chi connectivity index (χ2n) is 9.60. The number of aryl methyl sites for hydroxylation is 1. The number of Topliss-reactive ketones (excluding diaryl/α,β-unsaturated/α-hetero) is 1. The van der Waals surface area contributed by atoms with Crippen molar-refractivity contribution in [1.82, 2.24) is 14.7 Å². The fraction of sp³-hybridized carbons (Fsp3) is 0.538. The summed E-state index contributed by atoms with van der Waals surface area (Å²) in [6.45, 7) is 12.7. The fourth-order valence-corrected chi connectivity index (χ4v) is 4.10. The molecule has 10 nitrogen and oxygen atoms in total. The standard InChI is InChI=1S/C26H37N5O5/c1-8-18-16(3)23-28-30(25(27)31(23)29-24(18)35-9-2)15-20(33)17-13-19(26(4,5)6)22(34-7)21(14-17)36-12-10-11-32/h13-14,27,32H,8-12,15H2,1-7H3/p+1. The van der Waals surface area contributed by atoms with E-state index in [2.05, 4.69) is 10.2 Å². The number of hydrogen-bond donors (Lipinski definition) is 2. The molecule has 3 rings (SSSR count). The molecule has 0 bridgehead atoms. The van der Waals surface area contributed by atoms with Crippen LogP contribution in [0, 0.1) is 6.92 Å². The Hall–Kier alpha value is -3.40. The van der Waals surface area contributed by atoms with Crippen molar-refractivity contribution in [3.8, 4) is 17.4 Å². The molecule has 1 aromatic carbocycles. The third-order valence-electron chi connectivity index (χ3n) is 6.01. The Bertz CT molecular complexity index is 1250. The van der Waals surface area contributed by atoms with Gasteiger partial charge < -0.3 is 19.3 Å². The van der Waals surface area contributed by atoms with Crippen LogP contribution in [0.1, 0.15) is 68.1 Å². The molecule has 0 unspecified atom stereocenters. The van der Waals surface area contributed by atoms with Gasteiger partial charge >= 0.3 is 5.95 Å². The maximum Gasteiger partial charge on any atom is 0.401 e. The molecular formula is C26H38N5O5+. The Morgan fingerprint density at radius 2 is 1.94 bits per heavy atom. The van der Waals surface area contributed by atoms with Crippen molar-refractivity contribution in [1.29, 1.82) is 0 Å². The van der Waals surface area contributed by atoms with E-state index in [0.29, 0.717) is 48.2 Å². The number of carbonyl (C=O) groups is 1. The molecule has 10 heteroatoms. The van der Waals surface area contributed by atoms with Gasteiger partial charge in [0.2, 0.25) is 0 Å². The van der Waals surface area contributed by atoms with E-state index in [9.17, 15) is 4.79 Å². The Labute approximate surface area is 212 Å². The zero-order valence-electron chi connectivity index (χ0n) is 22.3. The molecular weight excluding hydrogens is 462 g/mol. The molecule has 0 saturated heterocycles. The van der Waals surface area contributed by atoms with Gasteiger partial charge in [-0.05, 0) is 37.8 Å². The van der Waals surface area contributed by atoms with E-state index in [4.69, 9.17) is 25.1 Å². The molecule has 0 aliphatic rings. The summed E-state index contributed by atoms with van der Waals surface area (Å²) >= 11 is 0. The van der Waals surface area contributed by atoms with Gasteiger partial charge in [-0.1, -0.05) is 42.4 Å². The van der Waals surface area contributed by atoms with Crippen molar-refractivity contribution in [3.05, 3.63) is 34.4 Å². The number of nitrogen functional groups attached to an aromatic ring is 1. The number of anilines is 1. The first-order valence-electron chi connectivity index (χ1n) is 12.3. The van der Waals surface area contributed by atoms with Gasteiger partial charge in [0.1, 0.15) is 0 Å². The largest absolute Gasteiger partial charge is 0.493 e. The van der Waals surface area contributed by atoms with E-state index in [-0.39, 0.29) is 30.3 Å². The van der Waals surface area contributed by atoms with Gasteiger partial charge in [0.25, 0.3) is 11.5 Å². The second-order valence-corrected chi connectivity index (χ2v) is 9.60. The number of nitrogens with zero attached hydrogens (tertiary/aromatic N) is 4. The minimum atomic E-state index is -0.306. The number of nitrogens with two attached hydrogens (primary N) is 1. The Balaban J connectivity index is 2.05. The number of aliphatic hydroxyl groups is 1. The van der Waals surface area contributed by atoms with Crippen molar-refractivity contribution in [2.24, 2.45) is 0 Å². The molecule has 36 heavy (non-hydrogen) atoms. The first-order chi connectivity index (χ1) is 17.1. The van der Waals surface area contributed by atoms with Crippen LogP contribution in [0.3, 0.4) is 0 Å². The predicted octanol–water partition coefficient (Wildman–Crippen LogP) is 2.82. The highest BCUT2D eigenvalue weighted by Crippen LogP contribution is 2.40. The zero-order chi connectivity index (χ0) is 26.6. The summed E-state index contributed by atoms with van der Waals surface area (Å²) in [5, 5.41) is 18.3. The number of ether oxygens (including phenoxy) is 3. The summed E-state index contributed by atoms with van der Waals surface area (Å²) in [4.78, 5) is 13.5. The van der Waals surface area contributed by atoms with Crippen LogP contribution in [-0.2, 0) is 18.4 Å². The van der Waals surface area contributed by atoms with Crippen molar-refractivity contribution >= 4 is 17.4 Å². The highest BCUT2D eigenvalue weighted by Gasteiger charge is 2.28. The normalized spacial score (nSPS) is 11.7. The van der Waals surface area contributed by atoms with Crippen LogP contribution in [0.15, 0.2) is 12.1 Å². The van der Waals surface area contributed by atoms with Crippen molar-refractivity contribution in [2.75, 3.05) is 32.7 Å². The average Bonchev–Trinajstić information content (AvgIpc) is 3.14. The van der Waals surface area contributed by atoms with Crippen molar-refractivity contribution in [3.63, 3.8) is 0 Å². The number of benzene rings is 1. The molecule has 0 saturated carbocycles. The molecule has 2 aromatic heterocycles. The number of rotatable bonds is 11. The monoisotopic (exact) mass is 500 g/mol. The van der Waals surface area contributed by atoms with E-state index >= 15 is 0 Å². The topological polar surface area (TPSA) is 125 Å². The van der Waals surface area contributed by atoms with Gasteiger partial charge in [0, 0.05) is 35.3 Å². The average molecular weight is 501 g/mol. The van der Waals surface area contributed by atoms with Crippen LogP contribution in [0.2, 0.25) is 0 Å². The number of methoxy groups -OCH3 is 1. The van der Waals surface area contributed by atoms with Crippen molar-refractivity contribution < 1.29 is 28.8 Å². The SMILES string of the molecule is CCOc1nn2c(N)[n+](CC(=O)c3cc(OCCCO)c(OC)c(C(C)(C)C)c3)nc2c(C)c1CC. The molecule has 0 aliphatic heterocycles.